The van der Waals surface area contributed by atoms with Crippen LogP contribution in [0.1, 0.15) is 31.2 Å². The average Bonchev–Trinajstić information content (AvgIpc) is 3.45. The Morgan fingerprint density at radius 1 is 0.783 bits per heavy atom. The van der Waals surface area contributed by atoms with Crippen molar-refractivity contribution >= 4 is 75.5 Å². The van der Waals surface area contributed by atoms with E-state index in [-0.39, 0.29) is 27.0 Å². The number of benzene rings is 3. The van der Waals surface area contributed by atoms with Gasteiger partial charge in [-0.15, -0.1) is 0 Å². The highest BCUT2D eigenvalue weighted by atomic mass is 35.5. The van der Waals surface area contributed by atoms with Gasteiger partial charge in [-0.25, -0.2) is 4.79 Å². The van der Waals surface area contributed by atoms with Gasteiger partial charge in [0.1, 0.15) is 5.69 Å². The first-order chi connectivity index (χ1) is 21.7. The minimum Gasteiger partial charge on any atom is -0.475 e. The number of nitrogens with one attached hydrogen (secondary N) is 5. The zero-order valence-corrected chi connectivity index (χ0v) is 24.6. The first-order valence-electron chi connectivity index (χ1n) is 12.5. The smallest absolute Gasteiger partial charge is 0.475 e. The van der Waals surface area contributed by atoms with Gasteiger partial charge in [-0.2, -0.15) is 18.3 Å². The predicted octanol–water partition coefficient (Wildman–Crippen LogP) is 6.23. The van der Waals surface area contributed by atoms with E-state index in [1.54, 1.807) is 48.5 Å². The highest BCUT2D eigenvalue weighted by Crippen LogP contribution is 2.26. The van der Waals surface area contributed by atoms with Gasteiger partial charge >= 0.3 is 12.1 Å². The molecule has 0 fully saturated rings. The van der Waals surface area contributed by atoms with E-state index >= 15 is 0 Å². The van der Waals surface area contributed by atoms with Gasteiger partial charge in [0, 0.05) is 22.6 Å². The number of halogens is 5. The lowest BCUT2D eigenvalue weighted by molar-refractivity contribution is -0.192. The normalized spacial score (nSPS) is 10.5. The van der Waals surface area contributed by atoms with Crippen LogP contribution in [0.5, 0.6) is 0 Å². The summed E-state index contributed by atoms with van der Waals surface area (Å²) in [6, 6.07) is 17.5. The largest absolute Gasteiger partial charge is 0.490 e. The lowest BCUT2D eigenvalue weighted by Crippen LogP contribution is -2.21. The Hall–Kier alpha value is -5.67. The van der Waals surface area contributed by atoms with Crippen LogP contribution >= 0.6 is 23.2 Å². The number of hydrogen-bond acceptors (Lipinski definition) is 6. The monoisotopic (exact) mass is 676 g/mol. The number of aliphatic carboxylic acids is 1. The van der Waals surface area contributed by atoms with Crippen LogP contribution in [0.15, 0.2) is 85.6 Å². The third kappa shape index (κ3) is 9.67. The molecule has 0 aliphatic heterocycles. The molecular formula is C29H21Cl2F3N6O6. The zero-order chi connectivity index (χ0) is 34.0. The first kappa shape index (κ1) is 34.8. The maximum atomic E-state index is 12.9. The molecule has 46 heavy (non-hydrogen) atoms. The molecular weight excluding hydrogens is 656 g/mol. The molecule has 4 rings (SSSR count). The van der Waals surface area contributed by atoms with Crippen LogP contribution in [-0.2, 0) is 9.59 Å². The van der Waals surface area contributed by atoms with Crippen molar-refractivity contribution in [3.05, 3.63) is 112 Å². The summed E-state index contributed by atoms with van der Waals surface area (Å²) in [7, 11) is 0. The van der Waals surface area contributed by atoms with E-state index in [2.05, 4.69) is 38.0 Å². The van der Waals surface area contributed by atoms with Gasteiger partial charge in [-0.3, -0.25) is 24.3 Å². The fraction of sp³-hybridized carbons (Fsp3) is 0.0345. The Morgan fingerprint density at radius 3 is 1.87 bits per heavy atom. The van der Waals surface area contributed by atoms with Gasteiger partial charge in [-0.1, -0.05) is 48.0 Å². The number of anilines is 4. The molecule has 0 saturated carbocycles. The van der Waals surface area contributed by atoms with Crippen LogP contribution in [0.3, 0.4) is 0 Å². The second kappa shape index (κ2) is 15.4. The minimum atomic E-state index is -5.08. The molecule has 3 aromatic carbocycles. The summed E-state index contributed by atoms with van der Waals surface area (Å²) >= 11 is 12.2. The number of aromatic nitrogens is 2. The molecule has 4 aromatic rings. The van der Waals surface area contributed by atoms with Gasteiger partial charge in [-0.05, 0) is 54.6 Å². The lowest BCUT2D eigenvalue weighted by atomic mass is 10.1. The van der Waals surface area contributed by atoms with Crippen LogP contribution < -0.4 is 21.3 Å². The number of alkyl halides is 3. The second-order valence-electron chi connectivity index (χ2n) is 8.78. The lowest BCUT2D eigenvalue weighted by Gasteiger charge is -2.11. The standard InChI is InChI=1S/C27H20Cl2N6O4.C2HF3O2/c1-2-22(36)31-16-7-3-6-15(12-16)25(37)32-17-8-4-9-18(13-17)33-27(39)24-21(14-30-35-24)34-26(38)23-19(28)10-5-11-20(23)29;3-2(4,5)1(6)7/h2-14H,1H2,(H,30,35)(H,31,36)(H,32,37)(H,33,39)(H,34,38);(H,6,7). The average molecular weight is 677 g/mol. The maximum absolute atomic E-state index is 12.9. The number of carboxylic acids is 1. The van der Waals surface area contributed by atoms with Crippen LogP contribution in [0.2, 0.25) is 10.0 Å². The van der Waals surface area contributed by atoms with E-state index < -0.39 is 35.8 Å². The summed E-state index contributed by atoms with van der Waals surface area (Å²) in [4.78, 5) is 58.8. The highest BCUT2D eigenvalue weighted by Gasteiger charge is 2.38. The minimum absolute atomic E-state index is 0.0145. The summed E-state index contributed by atoms with van der Waals surface area (Å²) in [6.45, 7) is 3.40. The molecule has 4 amide bonds. The van der Waals surface area contributed by atoms with Crippen LogP contribution in [0.25, 0.3) is 0 Å². The molecule has 0 spiro atoms. The number of carboxylic acid groups (broad SMARTS) is 1. The summed E-state index contributed by atoms with van der Waals surface area (Å²) in [5, 5.41) is 24.4. The molecule has 0 bridgehead atoms. The summed E-state index contributed by atoms with van der Waals surface area (Å²) in [5.41, 5.74) is 1.68. The van der Waals surface area contributed by atoms with E-state index in [0.29, 0.717) is 22.6 Å². The van der Waals surface area contributed by atoms with Crippen molar-refractivity contribution in [1.82, 2.24) is 10.2 Å². The fourth-order valence-electron chi connectivity index (χ4n) is 3.46. The molecule has 17 heteroatoms. The fourth-order valence-corrected chi connectivity index (χ4v) is 4.03. The molecule has 0 radical (unpaired) electrons. The number of hydrogen-bond donors (Lipinski definition) is 6. The van der Waals surface area contributed by atoms with Crippen molar-refractivity contribution in [3.63, 3.8) is 0 Å². The van der Waals surface area contributed by atoms with Gasteiger partial charge in [0.05, 0.1) is 27.5 Å². The molecule has 0 saturated heterocycles. The van der Waals surface area contributed by atoms with Crippen molar-refractivity contribution in [2.75, 3.05) is 21.3 Å². The molecule has 1 heterocycles. The number of amides is 4. The van der Waals surface area contributed by atoms with E-state index in [1.807, 2.05) is 0 Å². The summed E-state index contributed by atoms with van der Waals surface area (Å²) in [6.07, 6.45) is -2.68. The van der Waals surface area contributed by atoms with Crippen molar-refractivity contribution in [1.29, 1.82) is 0 Å². The number of carbonyl (C=O) groups excluding carboxylic acids is 4. The Labute approximate surface area is 267 Å². The number of aromatic amines is 1. The zero-order valence-electron chi connectivity index (χ0n) is 23.0. The van der Waals surface area contributed by atoms with E-state index in [0.717, 1.165) is 6.08 Å². The van der Waals surface area contributed by atoms with Gasteiger partial charge in [0.15, 0.2) is 0 Å². The number of nitrogens with zero attached hydrogens (tertiary/aromatic N) is 1. The predicted molar refractivity (Wildman–Crippen MR) is 164 cm³/mol. The van der Waals surface area contributed by atoms with Gasteiger partial charge < -0.3 is 26.4 Å². The second-order valence-corrected chi connectivity index (χ2v) is 9.59. The molecule has 0 aliphatic rings. The van der Waals surface area contributed by atoms with Crippen LogP contribution in [-0.4, -0.2) is 51.1 Å². The molecule has 238 valence electrons. The highest BCUT2D eigenvalue weighted by molar-refractivity contribution is 6.40. The first-order valence-corrected chi connectivity index (χ1v) is 13.3. The Balaban J connectivity index is 0.000000738. The maximum Gasteiger partial charge on any atom is 0.490 e. The third-order valence-corrected chi connectivity index (χ3v) is 6.13. The molecule has 0 aliphatic carbocycles. The summed E-state index contributed by atoms with van der Waals surface area (Å²) < 4.78 is 31.7. The SMILES string of the molecule is C=CC(=O)Nc1cccc(C(=O)Nc2cccc(NC(=O)c3[nH]ncc3NC(=O)c3c(Cl)cccc3Cl)c2)c1.O=C(O)C(F)(F)F. The number of carbonyl (C=O) groups is 5. The molecule has 0 atom stereocenters. The summed E-state index contributed by atoms with van der Waals surface area (Å²) in [5.74, 6) is -4.79. The Kier molecular flexibility index (Phi) is 11.6. The van der Waals surface area contributed by atoms with Crippen molar-refractivity contribution in [3.8, 4) is 0 Å². The molecule has 0 unspecified atom stereocenters. The van der Waals surface area contributed by atoms with E-state index in [4.69, 9.17) is 33.1 Å². The van der Waals surface area contributed by atoms with E-state index in [9.17, 15) is 32.3 Å². The van der Waals surface area contributed by atoms with E-state index in [1.165, 1.54) is 24.4 Å². The molecule has 12 nitrogen and oxygen atoms in total. The van der Waals surface area contributed by atoms with Crippen molar-refractivity contribution in [2.45, 2.75) is 6.18 Å². The van der Waals surface area contributed by atoms with Crippen molar-refractivity contribution in [2.24, 2.45) is 0 Å². The number of H-pyrrole nitrogens is 1. The molecule has 1 aromatic heterocycles. The van der Waals surface area contributed by atoms with Crippen LogP contribution in [0, 0.1) is 0 Å². The van der Waals surface area contributed by atoms with Crippen molar-refractivity contribution < 1.29 is 42.3 Å². The van der Waals surface area contributed by atoms with Gasteiger partial charge in [0.2, 0.25) is 5.91 Å². The Morgan fingerprint density at radius 2 is 1.30 bits per heavy atom. The quantitative estimate of drug-likeness (QED) is 0.120. The number of rotatable bonds is 8. The topological polar surface area (TPSA) is 182 Å². The molecule has 6 N–H and O–H groups in total. The third-order valence-electron chi connectivity index (χ3n) is 5.50. The van der Waals surface area contributed by atoms with Crippen LogP contribution in [0.4, 0.5) is 35.9 Å². The Bertz CT molecular complexity index is 1790. The van der Waals surface area contributed by atoms with Gasteiger partial charge in [0.25, 0.3) is 17.7 Å².